The van der Waals surface area contributed by atoms with Crippen LogP contribution in [0.5, 0.6) is 5.75 Å². The highest BCUT2D eigenvalue weighted by atomic mass is 19.1. The van der Waals surface area contributed by atoms with Crippen molar-refractivity contribution in [1.29, 1.82) is 0 Å². The van der Waals surface area contributed by atoms with Gasteiger partial charge in [0, 0.05) is 44.4 Å². The molecule has 3 aromatic rings. The van der Waals surface area contributed by atoms with Crippen LogP contribution in [-0.4, -0.2) is 62.1 Å². The summed E-state index contributed by atoms with van der Waals surface area (Å²) in [6, 6.07) is 13.6. The number of nitrogens with one attached hydrogen (secondary N) is 1. The Morgan fingerprint density at radius 1 is 1.15 bits per heavy atom. The summed E-state index contributed by atoms with van der Waals surface area (Å²) in [5.74, 6) is 0.256. The minimum absolute atomic E-state index is 0.200. The van der Waals surface area contributed by atoms with E-state index in [-0.39, 0.29) is 11.7 Å². The van der Waals surface area contributed by atoms with Gasteiger partial charge in [-0.05, 0) is 32.0 Å². The highest BCUT2D eigenvalue weighted by Gasteiger charge is 2.22. The normalized spacial score (nSPS) is 14.3. The standard InChI is InChI=1S/C25H28F2N4O3/c1-18-23(24(29-34-18)19-6-3-2-4-7-19)25(32)28-10-5-11-30-12-14-31(15-13-30)21-16-20(27)8-9-22(21)33-17-26/h2-4,6-9,16H,5,10-15,17H2,1H3,(H,28,32). The van der Waals surface area contributed by atoms with Crippen molar-refractivity contribution in [3.05, 3.63) is 65.7 Å². The molecule has 180 valence electrons. The summed E-state index contributed by atoms with van der Waals surface area (Å²) in [5.41, 5.74) is 2.41. The molecule has 0 aliphatic carbocycles. The molecule has 34 heavy (non-hydrogen) atoms. The van der Waals surface area contributed by atoms with Gasteiger partial charge < -0.3 is 19.5 Å². The molecule has 7 nitrogen and oxygen atoms in total. The van der Waals surface area contributed by atoms with Crippen molar-refractivity contribution in [3.8, 4) is 17.0 Å². The molecule has 0 unspecified atom stereocenters. The van der Waals surface area contributed by atoms with Crippen molar-refractivity contribution in [2.45, 2.75) is 13.3 Å². The first kappa shape index (κ1) is 23.7. The van der Waals surface area contributed by atoms with Gasteiger partial charge in [0.25, 0.3) is 5.91 Å². The number of hydrogen-bond donors (Lipinski definition) is 1. The van der Waals surface area contributed by atoms with E-state index in [9.17, 15) is 13.6 Å². The molecule has 9 heteroatoms. The largest absolute Gasteiger partial charge is 0.461 e. The first-order chi connectivity index (χ1) is 16.6. The van der Waals surface area contributed by atoms with E-state index in [0.717, 1.165) is 31.6 Å². The second-order valence-corrected chi connectivity index (χ2v) is 8.13. The second-order valence-electron chi connectivity index (χ2n) is 8.13. The van der Waals surface area contributed by atoms with Crippen molar-refractivity contribution in [3.63, 3.8) is 0 Å². The summed E-state index contributed by atoms with van der Waals surface area (Å²) in [6.07, 6.45) is 0.785. The van der Waals surface area contributed by atoms with Gasteiger partial charge in [-0.15, -0.1) is 0 Å². The van der Waals surface area contributed by atoms with Gasteiger partial charge >= 0.3 is 0 Å². The van der Waals surface area contributed by atoms with Gasteiger partial charge in [0.2, 0.25) is 6.86 Å². The van der Waals surface area contributed by atoms with E-state index in [4.69, 9.17) is 9.26 Å². The molecule has 4 rings (SSSR count). The third-order valence-corrected chi connectivity index (χ3v) is 5.92. The Morgan fingerprint density at radius 3 is 2.65 bits per heavy atom. The van der Waals surface area contributed by atoms with Gasteiger partial charge in [-0.3, -0.25) is 9.69 Å². The van der Waals surface area contributed by atoms with E-state index in [1.165, 1.54) is 18.2 Å². The molecule has 0 spiro atoms. The van der Waals surface area contributed by atoms with Crippen molar-refractivity contribution in [2.75, 3.05) is 51.0 Å². The van der Waals surface area contributed by atoms with Crippen LogP contribution in [0.4, 0.5) is 14.5 Å². The predicted molar refractivity (Wildman–Crippen MR) is 125 cm³/mol. The Bertz CT molecular complexity index is 1100. The maximum Gasteiger partial charge on any atom is 0.257 e. The van der Waals surface area contributed by atoms with Crippen LogP contribution in [0, 0.1) is 12.7 Å². The summed E-state index contributed by atoms with van der Waals surface area (Å²) >= 11 is 0. The molecule has 2 aromatic carbocycles. The number of piperazine rings is 1. The highest BCUT2D eigenvalue weighted by Crippen LogP contribution is 2.30. The van der Waals surface area contributed by atoms with E-state index >= 15 is 0 Å². The monoisotopic (exact) mass is 470 g/mol. The predicted octanol–water partition coefficient (Wildman–Crippen LogP) is 4.04. The molecule has 1 fully saturated rings. The Labute approximate surface area is 197 Å². The number of aryl methyl sites for hydroxylation is 1. The average Bonchev–Trinajstić information content (AvgIpc) is 3.25. The fourth-order valence-electron chi connectivity index (χ4n) is 4.16. The molecule has 1 aromatic heterocycles. The molecule has 1 amide bonds. The number of ether oxygens (including phenoxy) is 1. The molecule has 1 N–H and O–H groups in total. The van der Waals surface area contributed by atoms with Crippen LogP contribution in [0.3, 0.4) is 0 Å². The molecule has 1 saturated heterocycles. The molecule has 1 aliphatic rings. The maximum atomic E-state index is 13.7. The third-order valence-electron chi connectivity index (χ3n) is 5.92. The van der Waals surface area contributed by atoms with Crippen molar-refractivity contribution < 1.29 is 22.8 Å². The van der Waals surface area contributed by atoms with Gasteiger partial charge in [-0.25, -0.2) is 8.78 Å². The topological polar surface area (TPSA) is 70.8 Å². The number of anilines is 1. The van der Waals surface area contributed by atoms with Gasteiger partial charge in [0.05, 0.1) is 5.69 Å². The third kappa shape index (κ3) is 5.53. The molecule has 0 atom stereocenters. The Balaban J connectivity index is 1.25. The number of amides is 1. The number of carbonyl (C=O) groups is 1. The van der Waals surface area contributed by atoms with Crippen LogP contribution in [-0.2, 0) is 0 Å². The molecule has 0 saturated carbocycles. The summed E-state index contributed by atoms with van der Waals surface area (Å²) in [5, 5.41) is 7.03. The molecular formula is C25H28F2N4O3. The number of aromatic nitrogens is 1. The van der Waals surface area contributed by atoms with Crippen LogP contribution >= 0.6 is 0 Å². The zero-order chi connectivity index (χ0) is 23.9. The minimum atomic E-state index is -0.953. The maximum absolute atomic E-state index is 13.7. The van der Waals surface area contributed by atoms with E-state index in [1.807, 2.05) is 35.2 Å². The molecule has 1 aliphatic heterocycles. The van der Waals surface area contributed by atoms with Crippen molar-refractivity contribution in [2.24, 2.45) is 0 Å². The van der Waals surface area contributed by atoms with Crippen molar-refractivity contribution in [1.82, 2.24) is 15.4 Å². The first-order valence-corrected chi connectivity index (χ1v) is 11.3. The molecular weight excluding hydrogens is 442 g/mol. The fraction of sp³-hybridized carbons (Fsp3) is 0.360. The molecule has 0 bridgehead atoms. The van der Waals surface area contributed by atoms with E-state index in [2.05, 4.69) is 15.4 Å². The number of benzene rings is 2. The Hall–Kier alpha value is -3.46. The van der Waals surface area contributed by atoms with Crippen LogP contribution in [0.2, 0.25) is 0 Å². The quantitative estimate of drug-likeness (QED) is 0.476. The van der Waals surface area contributed by atoms with Crippen LogP contribution in [0.15, 0.2) is 53.1 Å². The number of carbonyl (C=O) groups excluding carboxylic acids is 1. The van der Waals surface area contributed by atoms with Crippen LogP contribution < -0.4 is 15.0 Å². The number of halogens is 2. The summed E-state index contributed by atoms with van der Waals surface area (Å²) in [4.78, 5) is 17.1. The zero-order valence-electron chi connectivity index (χ0n) is 19.1. The zero-order valence-corrected chi connectivity index (χ0v) is 19.1. The molecule has 0 radical (unpaired) electrons. The smallest absolute Gasteiger partial charge is 0.257 e. The van der Waals surface area contributed by atoms with Gasteiger partial charge in [0.1, 0.15) is 28.6 Å². The second kappa shape index (κ2) is 11.1. The lowest BCUT2D eigenvalue weighted by atomic mass is 10.1. The molecule has 2 heterocycles. The minimum Gasteiger partial charge on any atom is -0.461 e. The fourth-order valence-corrected chi connectivity index (χ4v) is 4.16. The van der Waals surface area contributed by atoms with Crippen LogP contribution in [0.25, 0.3) is 11.3 Å². The lowest BCUT2D eigenvalue weighted by Crippen LogP contribution is -2.47. The lowest BCUT2D eigenvalue weighted by Gasteiger charge is -2.36. The van der Waals surface area contributed by atoms with E-state index in [1.54, 1.807) is 6.92 Å². The van der Waals surface area contributed by atoms with Gasteiger partial charge in [-0.1, -0.05) is 35.5 Å². The summed E-state index contributed by atoms with van der Waals surface area (Å²) in [7, 11) is 0. The average molecular weight is 471 g/mol. The number of rotatable bonds is 9. The van der Waals surface area contributed by atoms with Crippen molar-refractivity contribution >= 4 is 11.6 Å². The van der Waals surface area contributed by atoms with Crippen LogP contribution in [0.1, 0.15) is 22.5 Å². The summed E-state index contributed by atoms with van der Waals surface area (Å²) in [6.45, 7) is 5.04. The summed E-state index contributed by atoms with van der Waals surface area (Å²) < 4.78 is 36.6. The number of nitrogens with zero attached hydrogens (tertiary/aromatic N) is 3. The van der Waals surface area contributed by atoms with Gasteiger partial charge in [0.15, 0.2) is 0 Å². The lowest BCUT2D eigenvalue weighted by molar-refractivity contribution is 0.0950. The van der Waals surface area contributed by atoms with Gasteiger partial charge in [-0.2, -0.15) is 0 Å². The SMILES string of the molecule is Cc1onc(-c2ccccc2)c1C(=O)NCCCN1CCN(c2cc(F)ccc2OCF)CC1. The number of alkyl halides is 1. The Morgan fingerprint density at radius 2 is 1.91 bits per heavy atom. The highest BCUT2D eigenvalue weighted by molar-refractivity contribution is 6.00. The van der Waals surface area contributed by atoms with E-state index < -0.39 is 6.86 Å². The Kier molecular flexibility index (Phi) is 7.74. The first-order valence-electron chi connectivity index (χ1n) is 11.3. The number of hydrogen-bond acceptors (Lipinski definition) is 6. The van der Waals surface area contributed by atoms with E-state index in [0.29, 0.717) is 48.1 Å².